The SMILES string of the molecule is C=C[C@@H]1CC1(NC(=O)[C@@H]1C[C@@H](Oc2nc3ncn(C)c3nc2-c2cccs2)CN1C(=O)[C@@H](NC(=O)OC1CCCC1)C(C)(C)C)C(=O)NS(=O)(=O)C1CC1. The fraction of sp³-hybridized carbons (Fsp3) is 0.583. The summed E-state index contributed by atoms with van der Waals surface area (Å²) in [4.78, 5) is 71.6. The lowest BCUT2D eigenvalue weighted by atomic mass is 9.85. The minimum absolute atomic E-state index is 0.0103. The van der Waals surface area contributed by atoms with Crippen molar-refractivity contribution < 1.29 is 37.1 Å². The van der Waals surface area contributed by atoms with Crippen molar-refractivity contribution in [1.29, 1.82) is 0 Å². The summed E-state index contributed by atoms with van der Waals surface area (Å²) in [5, 5.41) is 6.83. The lowest BCUT2D eigenvalue weighted by molar-refractivity contribution is -0.143. The number of imidazole rings is 1. The number of aromatic nitrogens is 4. The largest absolute Gasteiger partial charge is 0.471 e. The summed E-state index contributed by atoms with van der Waals surface area (Å²) in [5.74, 6) is -2.43. The van der Waals surface area contributed by atoms with Crippen molar-refractivity contribution in [3.05, 3.63) is 36.5 Å². The van der Waals surface area contributed by atoms with E-state index in [-0.39, 0.29) is 31.4 Å². The lowest BCUT2D eigenvalue weighted by Gasteiger charge is -2.35. The molecule has 4 amide bonds. The molecule has 1 unspecified atom stereocenters. The number of carbonyl (C=O) groups is 4. The van der Waals surface area contributed by atoms with Gasteiger partial charge in [-0.25, -0.2) is 23.2 Å². The molecule has 54 heavy (non-hydrogen) atoms. The number of ether oxygens (including phenoxy) is 2. The van der Waals surface area contributed by atoms with Crippen LogP contribution in [0.1, 0.15) is 72.1 Å². The Balaban J connectivity index is 1.18. The number of rotatable bonds is 12. The second-order valence-corrected chi connectivity index (χ2v) is 18.7. The maximum Gasteiger partial charge on any atom is 0.408 e. The summed E-state index contributed by atoms with van der Waals surface area (Å²) >= 11 is 1.45. The summed E-state index contributed by atoms with van der Waals surface area (Å²) in [5.41, 5.74) is -1.01. The molecule has 4 fully saturated rings. The molecule has 1 saturated heterocycles. The molecule has 1 aliphatic heterocycles. The predicted molar refractivity (Wildman–Crippen MR) is 199 cm³/mol. The van der Waals surface area contributed by atoms with E-state index in [1.54, 1.807) is 38.7 Å². The van der Waals surface area contributed by atoms with Crippen molar-refractivity contribution in [1.82, 2.24) is 39.8 Å². The summed E-state index contributed by atoms with van der Waals surface area (Å²) in [6.07, 6.45) is 5.80. The molecule has 0 spiro atoms. The smallest absolute Gasteiger partial charge is 0.408 e. The number of aryl methyl sites for hydroxylation is 1. The monoisotopic (exact) mass is 782 g/mol. The van der Waals surface area contributed by atoms with Crippen LogP contribution in [0.25, 0.3) is 21.9 Å². The van der Waals surface area contributed by atoms with Crippen molar-refractivity contribution in [2.75, 3.05) is 6.54 Å². The van der Waals surface area contributed by atoms with Crippen LogP contribution in [0.5, 0.6) is 5.88 Å². The molecule has 0 bridgehead atoms. The van der Waals surface area contributed by atoms with E-state index in [9.17, 15) is 27.6 Å². The Hall–Kier alpha value is -4.58. The highest BCUT2D eigenvalue weighted by Gasteiger charge is 2.62. The average Bonchev–Trinajstić information content (AvgIpc) is 3.76. The number of thiophene rings is 1. The Labute approximate surface area is 317 Å². The van der Waals surface area contributed by atoms with Gasteiger partial charge in [0.1, 0.15) is 35.5 Å². The molecule has 3 aliphatic carbocycles. The van der Waals surface area contributed by atoms with Crippen LogP contribution in [0, 0.1) is 11.3 Å². The summed E-state index contributed by atoms with van der Waals surface area (Å²) < 4.78 is 41.5. The molecule has 3 N–H and O–H groups in total. The first-order valence-corrected chi connectivity index (χ1v) is 20.7. The number of amides is 4. The van der Waals surface area contributed by atoms with E-state index >= 15 is 0 Å². The van der Waals surface area contributed by atoms with Gasteiger partial charge in [0.2, 0.25) is 33.4 Å². The van der Waals surface area contributed by atoms with E-state index < -0.39 is 74.1 Å². The number of alkyl carbamates (subject to hydrolysis) is 1. The first kappa shape index (κ1) is 37.7. The van der Waals surface area contributed by atoms with Crippen molar-refractivity contribution in [3.8, 4) is 16.5 Å². The number of hydrogen-bond donors (Lipinski definition) is 3. The third kappa shape index (κ3) is 7.54. The fourth-order valence-electron chi connectivity index (χ4n) is 7.25. The summed E-state index contributed by atoms with van der Waals surface area (Å²) in [6.45, 7) is 9.11. The van der Waals surface area contributed by atoms with E-state index in [0.717, 1.165) is 30.6 Å². The molecule has 5 atom stereocenters. The Morgan fingerprint density at radius 2 is 1.85 bits per heavy atom. The highest BCUT2D eigenvalue weighted by Crippen LogP contribution is 2.46. The second kappa shape index (κ2) is 14.2. The molecule has 4 heterocycles. The first-order chi connectivity index (χ1) is 25.6. The maximum absolute atomic E-state index is 14.6. The number of fused-ring (bicyclic) bond motifs is 1. The molecular formula is C36H46N8O8S2. The van der Waals surface area contributed by atoms with Gasteiger partial charge >= 0.3 is 6.09 Å². The summed E-state index contributed by atoms with van der Waals surface area (Å²) in [6, 6.07) is 1.49. The fourth-order valence-corrected chi connectivity index (χ4v) is 9.32. The van der Waals surface area contributed by atoms with Crippen molar-refractivity contribution in [3.63, 3.8) is 0 Å². The minimum Gasteiger partial charge on any atom is -0.471 e. The van der Waals surface area contributed by atoms with E-state index in [1.807, 2.05) is 17.5 Å². The van der Waals surface area contributed by atoms with Crippen LogP contribution in [0.2, 0.25) is 0 Å². The maximum atomic E-state index is 14.6. The van der Waals surface area contributed by atoms with E-state index in [4.69, 9.17) is 14.5 Å². The zero-order valence-corrected chi connectivity index (χ0v) is 32.4. The van der Waals surface area contributed by atoms with Gasteiger partial charge in [-0.2, -0.15) is 4.98 Å². The molecule has 3 saturated carbocycles. The molecule has 3 aromatic rings. The molecule has 18 heteroatoms. The quantitative estimate of drug-likeness (QED) is 0.228. The van der Waals surface area contributed by atoms with Crippen LogP contribution in [0.15, 0.2) is 36.5 Å². The zero-order chi connectivity index (χ0) is 38.6. The number of nitrogens with one attached hydrogen (secondary N) is 3. The molecule has 7 rings (SSSR count). The third-order valence-corrected chi connectivity index (χ3v) is 13.3. The number of carbonyl (C=O) groups excluding carboxylic acids is 4. The Bertz CT molecular complexity index is 2070. The first-order valence-electron chi connectivity index (χ1n) is 18.3. The average molecular weight is 783 g/mol. The molecular weight excluding hydrogens is 737 g/mol. The second-order valence-electron chi connectivity index (χ2n) is 15.8. The molecule has 16 nitrogen and oxygen atoms in total. The van der Waals surface area contributed by atoms with Gasteiger partial charge in [-0.3, -0.25) is 19.1 Å². The topological polar surface area (TPSA) is 204 Å². The van der Waals surface area contributed by atoms with Crippen LogP contribution in [-0.2, 0) is 36.2 Å². The third-order valence-electron chi connectivity index (χ3n) is 10.6. The Kier molecular flexibility index (Phi) is 9.95. The minimum atomic E-state index is -3.91. The van der Waals surface area contributed by atoms with E-state index in [1.165, 1.54) is 22.3 Å². The summed E-state index contributed by atoms with van der Waals surface area (Å²) in [7, 11) is -2.10. The van der Waals surface area contributed by atoms with Gasteiger partial charge < -0.3 is 29.6 Å². The van der Waals surface area contributed by atoms with E-state index in [2.05, 4.69) is 31.9 Å². The number of likely N-dealkylation sites (tertiary alicyclic amines) is 1. The Morgan fingerprint density at radius 3 is 2.48 bits per heavy atom. The highest BCUT2D eigenvalue weighted by molar-refractivity contribution is 7.91. The standard InChI is InChI=1S/C36H46N8O8S2/c1-6-20-17-36(20,33(47)42-54(49,50)23-13-14-23)41-30(45)24-16-22(51-31-26(25-12-9-15-53-25)38-29-28(40-31)37-19-43(29)5)18-44(24)32(46)27(35(2,3)4)39-34(48)52-21-10-7-8-11-21/h6,9,12,15,19-24,27H,1,7-8,10-11,13-14,16-18H2,2-5H3,(H,39,48)(H,41,45)(H,42,47)/t20-,22-,24+,27-,36?/m1/s1. The highest BCUT2D eigenvalue weighted by atomic mass is 32.2. The lowest BCUT2D eigenvalue weighted by Crippen LogP contribution is -2.60. The zero-order valence-electron chi connectivity index (χ0n) is 30.7. The van der Waals surface area contributed by atoms with Crippen molar-refractivity contribution in [2.45, 2.75) is 107 Å². The molecule has 0 aromatic carbocycles. The van der Waals surface area contributed by atoms with Gasteiger partial charge in [0.05, 0.1) is 23.0 Å². The van der Waals surface area contributed by atoms with Gasteiger partial charge in [-0.1, -0.05) is 32.9 Å². The van der Waals surface area contributed by atoms with Gasteiger partial charge in [0, 0.05) is 19.4 Å². The van der Waals surface area contributed by atoms with Crippen molar-refractivity contribution >= 4 is 56.5 Å². The van der Waals surface area contributed by atoms with Gasteiger partial charge in [0.15, 0.2) is 5.65 Å². The molecule has 290 valence electrons. The van der Waals surface area contributed by atoms with Gasteiger partial charge in [0.25, 0.3) is 5.91 Å². The predicted octanol–water partition coefficient (Wildman–Crippen LogP) is 3.19. The van der Waals surface area contributed by atoms with E-state index in [0.29, 0.717) is 29.8 Å². The Morgan fingerprint density at radius 1 is 1.11 bits per heavy atom. The molecule has 4 aliphatic rings. The molecule has 3 aromatic heterocycles. The number of hydrogen-bond acceptors (Lipinski definition) is 12. The van der Waals surface area contributed by atoms with Crippen molar-refractivity contribution in [2.24, 2.45) is 18.4 Å². The van der Waals surface area contributed by atoms with Crippen LogP contribution in [0.4, 0.5) is 4.79 Å². The normalized spacial score (nSPS) is 24.9. The molecule has 0 radical (unpaired) electrons. The van der Waals surface area contributed by atoms with Crippen LogP contribution in [-0.4, -0.2) is 98.3 Å². The number of nitrogens with zero attached hydrogens (tertiary/aromatic N) is 5. The van der Waals surface area contributed by atoms with Gasteiger partial charge in [-0.15, -0.1) is 17.9 Å². The van der Waals surface area contributed by atoms with Crippen LogP contribution < -0.4 is 20.1 Å². The van der Waals surface area contributed by atoms with Crippen LogP contribution in [0.3, 0.4) is 0 Å². The number of sulfonamides is 1. The van der Waals surface area contributed by atoms with Crippen LogP contribution >= 0.6 is 11.3 Å². The van der Waals surface area contributed by atoms with Gasteiger partial charge in [-0.05, 0) is 61.8 Å².